The fraction of sp³-hybridized carbons (Fsp3) is 0.455. The molecule has 30 heavy (non-hydrogen) atoms. The van der Waals surface area contributed by atoms with Gasteiger partial charge in [-0.05, 0) is 62.4 Å². The summed E-state index contributed by atoms with van der Waals surface area (Å²) in [4.78, 5) is 19.3. The average Bonchev–Trinajstić information content (AvgIpc) is 2.80. The first-order valence-corrected chi connectivity index (χ1v) is 12.1. The van der Waals surface area contributed by atoms with E-state index in [2.05, 4.69) is 15.2 Å². The molecule has 0 spiro atoms. The van der Waals surface area contributed by atoms with Crippen LogP contribution in [0.5, 0.6) is 0 Å². The highest BCUT2D eigenvalue weighted by atomic mass is 32.2. The fourth-order valence-electron chi connectivity index (χ4n) is 4.13. The normalized spacial score (nSPS) is 18.2. The van der Waals surface area contributed by atoms with Crippen molar-refractivity contribution in [3.05, 3.63) is 48.2 Å². The molecule has 1 N–H and O–H groups in total. The summed E-state index contributed by atoms with van der Waals surface area (Å²) in [5, 5.41) is 2.74. The molecule has 1 amide bonds. The molecule has 2 aromatic rings. The van der Waals surface area contributed by atoms with Gasteiger partial charge in [0.2, 0.25) is 10.0 Å². The molecule has 0 radical (unpaired) electrons. The van der Waals surface area contributed by atoms with Crippen LogP contribution in [0.1, 0.15) is 48.9 Å². The van der Waals surface area contributed by atoms with E-state index in [-0.39, 0.29) is 10.8 Å². The molecule has 0 saturated carbocycles. The number of nitrogens with zero attached hydrogens (tertiary/aromatic N) is 3. The molecule has 1 aromatic heterocycles. The van der Waals surface area contributed by atoms with Crippen LogP contribution in [0, 0.1) is 0 Å². The standard InChI is InChI=1S/C22H28N4O3S/c27-22(24-21-9-3-4-12-23-21)18-10-11-19(25-13-5-1-6-14-25)20(17-18)30(28,29)26-15-7-2-8-16-26/h3-4,9-12,17H,1-2,5-8,13-16H2,(H,23,24,27). The molecule has 2 aliphatic rings. The van der Waals surface area contributed by atoms with Crippen molar-refractivity contribution in [1.29, 1.82) is 0 Å². The van der Waals surface area contributed by atoms with Crippen molar-refractivity contribution in [3.63, 3.8) is 0 Å². The maximum Gasteiger partial charge on any atom is 0.256 e. The summed E-state index contributed by atoms with van der Waals surface area (Å²) in [5.41, 5.74) is 1.02. The van der Waals surface area contributed by atoms with Gasteiger partial charge >= 0.3 is 0 Å². The largest absolute Gasteiger partial charge is 0.370 e. The summed E-state index contributed by atoms with van der Waals surface area (Å²) in [6.45, 7) is 2.74. The van der Waals surface area contributed by atoms with E-state index in [1.807, 2.05) is 0 Å². The number of pyridine rings is 1. The zero-order valence-electron chi connectivity index (χ0n) is 17.1. The first kappa shape index (κ1) is 20.8. The Balaban J connectivity index is 1.70. The zero-order valence-corrected chi connectivity index (χ0v) is 17.9. The Labute approximate surface area is 178 Å². The molecule has 1 aromatic carbocycles. The van der Waals surface area contributed by atoms with Crippen LogP contribution in [0.25, 0.3) is 0 Å². The minimum Gasteiger partial charge on any atom is -0.370 e. The van der Waals surface area contributed by atoms with Gasteiger partial charge in [-0.1, -0.05) is 12.5 Å². The highest BCUT2D eigenvalue weighted by Crippen LogP contribution is 2.32. The first-order valence-electron chi connectivity index (χ1n) is 10.7. The maximum atomic E-state index is 13.5. The zero-order chi connectivity index (χ0) is 21.0. The number of anilines is 2. The van der Waals surface area contributed by atoms with Gasteiger partial charge in [0, 0.05) is 37.9 Å². The molecule has 3 heterocycles. The minimum absolute atomic E-state index is 0.236. The average molecular weight is 429 g/mol. The molecule has 0 aliphatic carbocycles. The van der Waals surface area contributed by atoms with Gasteiger partial charge < -0.3 is 10.2 Å². The van der Waals surface area contributed by atoms with E-state index in [4.69, 9.17) is 0 Å². The van der Waals surface area contributed by atoms with E-state index in [9.17, 15) is 13.2 Å². The number of amides is 1. The number of rotatable bonds is 5. The van der Waals surface area contributed by atoms with Crippen LogP contribution in [0.3, 0.4) is 0 Å². The number of piperidine rings is 2. The summed E-state index contributed by atoms with van der Waals surface area (Å²) in [6.07, 6.45) is 7.65. The van der Waals surface area contributed by atoms with Gasteiger partial charge in [0.05, 0.1) is 5.69 Å². The molecule has 160 valence electrons. The third-order valence-electron chi connectivity index (χ3n) is 5.76. The van der Waals surface area contributed by atoms with Gasteiger partial charge in [0.1, 0.15) is 10.7 Å². The lowest BCUT2D eigenvalue weighted by Crippen LogP contribution is -2.37. The lowest BCUT2D eigenvalue weighted by Gasteiger charge is -2.33. The number of aromatic nitrogens is 1. The summed E-state index contributed by atoms with van der Waals surface area (Å²) < 4.78 is 28.6. The van der Waals surface area contributed by atoms with Crippen molar-refractivity contribution in [2.45, 2.75) is 43.4 Å². The van der Waals surface area contributed by atoms with Gasteiger partial charge in [-0.25, -0.2) is 13.4 Å². The van der Waals surface area contributed by atoms with Crippen molar-refractivity contribution < 1.29 is 13.2 Å². The van der Waals surface area contributed by atoms with Crippen molar-refractivity contribution in [1.82, 2.24) is 9.29 Å². The SMILES string of the molecule is O=C(Nc1ccccn1)c1ccc(N2CCCCC2)c(S(=O)(=O)N2CCCCC2)c1. The van der Waals surface area contributed by atoms with E-state index in [1.54, 1.807) is 40.8 Å². The predicted molar refractivity (Wildman–Crippen MR) is 117 cm³/mol. The van der Waals surface area contributed by atoms with Gasteiger partial charge in [-0.15, -0.1) is 0 Å². The van der Waals surface area contributed by atoms with Crippen LogP contribution in [0.4, 0.5) is 11.5 Å². The van der Waals surface area contributed by atoms with E-state index >= 15 is 0 Å². The minimum atomic E-state index is -3.67. The molecule has 7 nitrogen and oxygen atoms in total. The number of carbonyl (C=O) groups is 1. The topological polar surface area (TPSA) is 82.6 Å². The van der Waals surface area contributed by atoms with Crippen LogP contribution < -0.4 is 10.2 Å². The Morgan fingerprint density at radius 1 is 0.900 bits per heavy atom. The van der Waals surface area contributed by atoms with Gasteiger partial charge in [-0.2, -0.15) is 4.31 Å². The third-order valence-corrected chi connectivity index (χ3v) is 7.69. The molecular formula is C22H28N4O3S. The molecular weight excluding hydrogens is 400 g/mol. The quantitative estimate of drug-likeness (QED) is 0.788. The second-order valence-corrected chi connectivity index (χ2v) is 9.77. The van der Waals surface area contributed by atoms with E-state index in [0.29, 0.717) is 30.2 Å². The number of benzene rings is 1. The van der Waals surface area contributed by atoms with Gasteiger partial charge in [0.15, 0.2) is 0 Å². The molecule has 0 unspecified atom stereocenters. The maximum absolute atomic E-state index is 13.5. The lowest BCUT2D eigenvalue weighted by molar-refractivity contribution is 0.102. The fourth-order valence-corrected chi connectivity index (χ4v) is 5.88. The van der Waals surface area contributed by atoms with E-state index in [1.165, 1.54) is 6.07 Å². The predicted octanol–water partition coefficient (Wildman–Crippen LogP) is 3.50. The second kappa shape index (κ2) is 9.14. The van der Waals surface area contributed by atoms with E-state index in [0.717, 1.165) is 51.6 Å². The van der Waals surface area contributed by atoms with Crippen LogP contribution in [-0.4, -0.2) is 49.8 Å². The van der Waals surface area contributed by atoms with Crippen molar-refractivity contribution in [3.8, 4) is 0 Å². The summed E-state index contributed by atoms with van der Waals surface area (Å²) in [5.74, 6) is 0.0667. The number of carbonyl (C=O) groups excluding carboxylic acids is 1. The molecule has 0 atom stereocenters. The Morgan fingerprint density at radius 3 is 2.27 bits per heavy atom. The molecule has 4 rings (SSSR count). The van der Waals surface area contributed by atoms with Crippen LogP contribution in [0.15, 0.2) is 47.5 Å². The molecule has 0 bridgehead atoms. The highest BCUT2D eigenvalue weighted by molar-refractivity contribution is 7.89. The first-order chi connectivity index (χ1) is 14.6. The Morgan fingerprint density at radius 2 is 1.60 bits per heavy atom. The molecule has 2 fully saturated rings. The summed E-state index contributed by atoms with van der Waals surface area (Å²) in [7, 11) is -3.67. The smallest absolute Gasteiger partial charge is 0.256 e. The van der Waals surface area contributed by atoms with Gasteiger partial charge in [0.25, 0.3) is 5.91 Å². The number of hydrogen-bond donors (Lipinski definition) is 1. The summed E-state index contributed by atoms with van der Waals surface area (Å²) in [6, 6.07) is 10.3. The van der Waals surface area contributed by atoms with E-state index < -0.39 is 10.0 Å². The monoisotopic (exact) mass is 428 g/mol. The molecule has 8 heteroatoms. The molecule has 2 saturated heterocycles. The van der Waals surface area contributed by atoms with Gasteiger partial charge in [-0.3, -0.25) is 4.79 Å². The lowest BCUT2D eigenvalue weighted by atomic mass is 10.1. The van der Waals surface area contributed by atoms with Crippen molar-refractivity contribution in [2.24, 2.45) is 0 Å². The Bertz CT molecular complexity index is 983. The highest BCUT2D eigenvalue weighted by Gasteiger charge is 2.31. The number of hydrogen-bond acceptors (Lipinski definition) is 5. The van der Waals surface area contributed by atoms with Crippen molar-refractivity contribution in [2.75, 3.05) is 36.4 Å². The summed E-state index contributed by atoms with van der Waals surface area (Å²) >= 11 is 0. The molecule has 2 aliphatic heterocycles. The third kappa shape index (κ3) is 4.49. The Kier molecular flexibility index (Phi) is 6.34. The van der Waals surface area contributed by atoms with Crippen LogP contribution >= 0.6 is 0 Å². The van der Waals surface area contributed by atoms with Crippen molar-refractivity contribution >= 4 is 27.4 Å². The Hall–Kier alpha value is -2.45. The second-order valence-electron chi connectivity index (χ2n) is 7.86. The van der Waals surface area contributed by atoms with Crippen LogP contribution in [-0.2, 0) is 10.0 Å². The number of sulfonamides is 1. The van der Waals surface area contributed by atoms with Crippen LogP contribution in [0.2, 0.25) is 0 Å². The number of nitrogens with one attached hydrogen (secondary N) is 1.